The smallest absolute Gasteiger partial charge is 0.0547 e. The van der Waals surface area contributed by atoms with E-state index in [9.17, 15) is 5.21 Å². The first-order valence-corrected chi connectivity index (χ1v) is 4.57. The van der Waals surface area contributed by atoms with Crippen molar-refractivity contribution in [1.29, 1.82) is 0 Å². The predicted molar refractivity (Wildman–Crippen MR) is 50.6 cm³/mol. The highest BCUT2D eigenvalue weighted by atomic mass is 16.5. The van der Waals surface area contributed by atoms with Crippen LogP contribution in [0.2, 0.25) is 0 Å². The molecule has 0 spiro atoms. The molecule has 0 bridgehead atoms. The molecule has 0 radical (unpaired) electrons. The van der Waals surface area contributed by atoms with Gasteiger partial charge in [-0.2, -0.15) is 0 Å². The maximum Gasteiger partial charge on any atom is 0.0547 e. The van der Waals surface area contributed by atoms with Gasteiger partial charge in [-0.1, -0.05) is 6.92 Å². The Morgan fingerprint density at radius 1 is 1.33 bits per heavy atom. The van der Waals surface area contributed by atoms with Crippen molar-refractivity contribution in [2.24, 2.45) is 0 Å². The van der Waals surface area contributed by atoms with Crippen molar-refractivity contribution in [3.63, 3.8) is 0 Å². The van der Waals surface area contributed by atoms with Gasteiger partial charge in [0.25, 0.3) is 0 Å². The Kier molecular flexibility index (Phi) is 2.23. The second-order valence-electron chi connectivity index (χ2n) is 4.66. The fourth-order valence-electron chi connectivity index (χ4n) is 2.29. The topological polar surface area (TPSA) is 38.3 Å². The van der Waals surface area contributed by atoms with Crippen LogP contribution in [0.15, 0.2) is 0 Å². The van der Waals surface area contributed by atoms with Crippen LogP contribution in [0, 0.1) is 5.21 Å². The van der Waals surface area contributed by atoms with Crippen LogP contribution in [0.4, 0.5) is 0 Å². The quantitative estimate of drug-likeness (QED) is 0.652. The summed E-state index contributed by atoms with van der Waals surface area (Å²) in [6.45, 7) is 10.1. The van der Waals surface area contributed by atoms with Crippen molar-refractivity contribution in [2.45, 2.75) is 58.3 Å². The van der Waals surface area contributed by atoms with E-state index in [1.165, 1.54) is 5.06 Å². The molecule has 1 atom stereocenters. The Labute approximate surface area is 74.7 Å². The first-order valence-electron chi connectivity index (χ1n) is 4.57. The lowest BCUT2D eigenvalue weighted by atomic mass is 9.95. The summed E-state index contributed by atoms with van der Waals surface area (Å²) in [7, 11) is 0. The molecule has 1 saturated heterocycles. The van der Waals surface area contributed by atoms with Crippen molar-refractivity contribution in [2.75, 3.05) is 0 Å². The van der Waals surface area contributed by atoms with Gasteiger partial charge in [-0.25, -0.2) is 0 Å². The van der Waals surface area contributed by atoms with E-state index < -0.39 is 5.66 Å². The fourth-order valence-corrected chi connectivity index (χ4v) is 2.29. The summed E-state index contributed by atoms with van der Waals surface area (Å²) in [5, 5.41) is 16.2. The van der Waals surface area contributed by atoms with Gasteiger partial charge in [0.2, 0.25) is 0 Å². The van der Waals surface area contributed by atoms with Crippen LogP contribution in [0.25, 0.3) is 0 Å². The third-order valence-corrected chi connectivity index (χ3v) is 2.68. The van der Waals surface area contributed by atoms with E-state index in [2.05, 4.69) is 26.1 Å². The molecule has 1 heterocycles. The van der Waals surface area contributed by atoms with Gasteiger partial charge in [0, 0.05) is 11.6 Å². The number of hydroxylamine groups is 2. The molecule has 1 rings (SSSR count). The first kappa shape index (κ1) is 9.96. The standard InChI is InChI=1S/C9H19N2O/c1-6-7-8(2,3)10-9(4,5)11(7)12/h7,10H,6H2,1-5H3/q-1. The molecular weight excluding hydrogens is 152 g/mol. The highest BCUT2D eigenvalue weighted by Gasteiger charge is 2.44. The minimum Gasteiger partial charge on any atom is -0.784 e. The van der Waals surface area contributed by atoms with Gasteiger partial charge in [-0.15, -0.1) is 0 Å². The minimum absolute atomic E-state index is 0.0694. The maximum atomic E-state index is 11.7. The van der Waals surface area contributed by atoms with Gasteiger partial charge in [-0.3, -0.25) is 5.32 Å². The van der Waals surface area contributed by atoms with Gasteiger partial charge in [0.05, 0.1) is 5.66 Å². The Morgan fingerprint density at radius 2 is 1.83 bits per heavy atom. The molecule has 0 aromatic carbocycles. The molecule has 72 valence electrons. The van der Waals surface area contributed by atoms with E-state index in [0.717, 1.165) is 6.42 Å². The highest BCUT2D eigenvalue weighted by molar-refractivity contribution is 5.06. The predicted octanol–water partition coefficient (Wildman–Crippen LogP) is 1.68. The molecule has 0 amide bonds. The molecule has 3 nitrogen and oxygen atoms in total. The Hall–Kier alpha value is -0.120. The molecule has 1 fully saturated rings. The number of nitrogens with one attached hydrogen (secondary N) is 1. The van der Waals surface area contributed by atoms with Crippen molar-refractivity contribution in [1.82, 2.24) is 10.4 Å². The van der Waals surface area contributed by atoms with E-state index in [-0.39, 0.29) is 11.6 Å². The molecule has 1 unspecified atom stereocenters. The monoisotopic (exact) mass is 171 g/mol. The largest absolute Gasteiger partial charge is 0.784 e. The zero-order valence-electron chi connectivity index (χ0n) is 8.64. The van der Waals surface area contributed by atoms with Crippen LogP contribution in [-0.4, -0.2) is 22.3 Å². The van der Waals surface area contributed by atoms with E-state index in [4.69, 9.17) is 0 Å². The van der Waals surface area contributed by atoms with Crippen LogP contribution in [0.1, 0.15) is 41.0 Å². The molecule has 1 N–H and O–H groups in total. The number of hydrogen-bond donors (Lipinski definition) is 1. The van der Waals surface area contributed by atoms with Gasteiger partial charge < -0.3 is 10.3 Å². The minimum atomic E-state index is -0.413. The van der Waals surface area contributed by atoms with Crippen LogP contribution in [-0.2, 0) is 0 Å². The highest BCUT2D eigenvalue weighted by Crippen LogP contribution is 2.32. The first-order chi connectivity index (χ1) is 5.31. The van der Waals surface area contributed by atoms with Crippen LogP contribution < -0.4 is 5.32 Å². The summed E-state index contributed by atoms with van der Waals surface area (Å²) in [5.74, 6) is 0. The molecule has 0 aromatic heterocycles. The molecule has 1 aliphatic rings. The van der Waals surface area contributed by atoms with Gasteiger partial charge in [0.1, 0.15) is 0 Å². The zero-order valence-corrected chi connectivity index (χ0v) is 8.64. The lowest BCUT2D eigenvalue weighted by molar-refractivity contribution is 0.181. The Morgan fingerprint density at radius 3 is 2.00 bits per heavy atom. The van der Waals surface area contributed by atoms with Gasteiger partial charge >= 0.3 is 0 Å². The van der Waals surface area contributed by atoms with E-state index in [0.29, 0.717) is 0 Å². The summed E-state index contributed by atoms with van der Waals surface area (Å²) in [6, 6.07) is 0.0903. The van der Waals surface area contributed by atoms with E-state index in [1.54, 1.807) is 0 Å². The number of hydrogen-bond acceptors (Lipinski definition) is 3. The Bertz CT molecular complexity index is 177. The zero-order chi connectivity index (χ0) is 9.57. The molecule has 0 saturated carbocycles. The van der Waals surface area contributed by atoms with E-state index >= 15 is 0 Å². The summed E-state index contributed by atoms with van der Waals surface area (Å²) >= 11 is 0. The average Bonchev–Trinajstić information content (AvgIpc) is 1.98. The third-order valence-electron chi connectivity index (χ3n) is 2.68. The van der Waals surface area contributed by atoms with E-state index in [1.807, 2.05) is 13.8 Å². The summed E-state index contributed by atoms with van der Waals surface area (Å²) in [5.41, 5.74) is -0.482. The van der Waals surface area contributed by atoms with Crippen molar-refractivity contribution < 1.29 is 0 Å². The van der Waals surface area contributed by atoms with Crippen LogP contribution >= 0.6 is 0 Å². The van der Waals surface area contributed by atoms with Crippen molar-refractivity contribution >= 4 is 0 Å². The molecule has 12 heavy (non-hydrogen) atoms. The maximum absolute atomic E-state index is 11.7. The lowest BCUT2D eigenvalue weighted by Gasteiger charge is -2.41. The summed E-state index contributed by atoms with van der Waals surface area (Å²) in [4.78, 5) is 0. The van der Waals surface area contributed by atoms with Gasteiger partial charge in [0.15, 0.2) is 0 Å². The normalized spacial score (nSPS) is 34.0. The van der Waals surface area contributed by atoms with Crippen molar-refractivity contribution in [3.8, 4) is 0 Å². The molecular formula is C9H19N2O-. The Balaban J connectivity index is 2.88. The lowest BCUT2D eigenvalue weighted by Crippen LogP contribution is -2.47. The summed E-state index contributed by atoms with van der Waals surface area (Å²) in [6.07, 6.45) is 0.896. The third kappa shape index (κ3) is 1.37. The summed E-state index contributed by atoms with van der Waals surface area (Å²) < 4.78 is 0. The average molecular weight is 171 g/mol. The molecule has 1 aliphatic heterocycles. The number of rotatable bonds is 1. The molecule has 3 heteroatoms. The van der Waals surface area contributed by atoms with Crippen LogP contribution in [0.3, 0.4) is 0 Å². The number of nitrogens with zero attached hydrogens (tertiary/aromatic N) is 1. The second-order valence-corrected chi connectivity index (χ2v) is 4.66. The van der Waals surface area contributed by atoms with Crippen LogP contribution in [0.5, 0.6) is 0 Å². The molecule has 0 aliphatic carbocycles. The van der Waals surface area contributed by atoms with Crippen molar-refractivity contribution in [3.05, 3.63) is 5.21 Å². The second kappa shape index (κ2) is 2.69. The van der Waals surface area contributed by atoms with Gasteiger partial charge in [-0.05, 0) is 34.1 Å². The molecule has 0 aromatic rings. The fraction of sp³-hybridized carbons (Fsp3) is 1.00. The SMILES string of the molecule is CCC1N([O-])C(C)(C)NC1(C)C.